The molecule has 2 aromatic carbocycles. The molecule has 1 amide bonds. The summed E-state index contributed by atoms with van der Waals surface area (Å²) in [6.07, 6.45) is 11.3. The summed E-state index contributed by atoms with van der Waals surface area (Å²) in [5, 5.41) is 4.95. The van der Waals surface area contributed by atoms with Crippen LogP contribution in [0, 0.1) is 5.92 Å². The fraction of sp³-hybridized carbons (Fsp3) is 0.500. The Bertz CT molecular complexity index is 1210. The second kappa shape index (κ2) is 14.0. The summed E-state index contributed by atoms with van der Waals surface area (Å²) in [5.41, 5.74) is 11.7. The van der Waals surface area contributed by atoms with Crippen LogP contribution >= 0.6 is 0 Å². The fourth-order valence-electron chi connectivity index (χ4n) is 5.43. The SMILES string of the molecule is CCCCCC(Cc1ccc(OCCCCNc2c3c(nc4ccccc24)CCCC3)c(OC)c1)C(N)=O. The quantitative estimate of drug-likeness (QED) is 0.221. The van der Waals surface area contributed by atoms with Crippen molar-refractivity contribution in [3.63, 3.8) is 0 Å². The van der Waals surface area contributed by atoms with E-state index in [-0.39, 0.29) is 11.8 Å². The number of ether oxygens (including phenoxy) is 2. The molecule has 0 bridgehead atoms. The van der Waals surface area contributed by atoms with E-state index in [1.165, 1.54) is 35.2 Å². The Kier molecular flexibility index (Phi) is 10.2. The molecule has 1 heterocycles. The molecule has 0 radical (unpaired) electrons. The third-order valence-corrected chi connectivity index (χ3v) is 7.57. The van der Waals surface area contributed by atoms with Crippen LogP contribution in [-0.4, -0.2) is 31.2 Å². The van der Waals surface area contributed by atoms with E-state index < -0.39 is 0 Å². The molecule has 1 aliphatic rings. The Morgan fingerprint density at radius 1 is 1.05 bits per heavy atom. The molecule has 1 aromatic heterocycles. The zero-order chi connectivity index (χ0) is 26.7. The van der Waals surface area contributed by atoms with Gasteiger partial charge in [0.1, 0.15) is 0 Å². The molecule has 0 fully saturated rings. The summed E-state index contributed by atoms with van der Waals surface area (Å²) in [7, 11) is 1.66. The molecular formula is C32H43N3O3. The molecule has 38 heavy (non-hydrogen) atoms. The predicted molar refractivity (Wildman–Crippen MR) is 155 cm³/mol. The number of nitrogens with one attached hydrogen (secondary N) is 1. The molecule has 6 nitrogen and oxygen atoms in total. The second-order valence-electron chi connectivity index (χ2n) is 10.4. The molecule has 3 aromatic rings. The van der Waals surface area contributed by atoms with Crippen LogP contribution in [0.2, 0.25) is 0 Å². The zero-order valence-corrected chi connectivity index (χ0v) is 23.1. The Labute approximate surface area is 227 Å². The Balaban J connectivity index is 1.28. The first-order valence-corrected chi connectivity index (χ1v) is 14.3. The number of nitrogens with zero attached hydrogens (tertiary/aromatic N) is 1. The van der Waals surface area contributed by atoms with E-state index in [4.69, 9.17) is 20.2 Å². The average Bonchev–Trinajstić information content (AvgIpc) is 2.94. The largest absolute Gasteiger partial charge is 0.493 e. The minimum Gasteiger partial charge on any atom is -0.493 e. The van der Waals surface area contributed by atoms with E-state index in [1.807, 2.05) is 18.2 Å². The number of para-hydroxylation sites is 1. The summed E-state index contributed by atoms with van der Waals surface area (Å²) in [4.78, 5) is 16.9. The number of unbranched alkanes of at least 4 members (excludes halogenated alkanes) is 3. The van der Waals surface area contributed by atoms with Gasteiger partial charge in [0.25, 0.3) is 0 Å². The molecule has 1 unspecified atom stereocenters. The van der Waals surface area contributed by atoms with Gasteiger partial charge in [-0.3, -0.25) is 9.78 Å². The van der Waals surface area contributed by atoms with Gasteiger partial charge in [0.15, 0.2) is 11.5 Å². The number of primary amides is 1. The monoisotopic (exact) mass is 517 g/mol. The van der Waals surface area contributed by atoms with Crippen molar-refractivity contribution in [1.29, 1.82) is 0 Å². The number of amides is 1. The molecule has 1 atom stereocenters. The van der Waals surface area contributed by atoms with Crippen molar-refractivity contribution in [2.45, 2.75) is 77.6 Å². The number of rotatable bonds is 15. The predicted octanol–water partition coefficient (Wildman–Crippen LogP) is 6.62. The van der Waals surface area contributed by atoms with Crippen molar-refractivity contribution >= 4 is 22.5 Å². The molecule has 0 spiro atoms. The summed E-state index contributed by atoms with van der Waals surface area (Å²) in [6, 6.07) is 14.4. The van der Waals surface area contributed by atoms with Crippen LogP contribution in [0.3, 0.4) is 0 Å². The van der Waals surface area contributed by atoms with Gasteiger partial charge < -0.3 is 20.5 Å². The highest BCUT2D eigenvalue weighted by atomic mass is 16.5. The molecule has 4 rings (SSSR count). The molecule has 6 heteroatoms. The average molecular weight is 518 g/mol. The van der Waals surface area contributed by atoms with E-state index in [9.17, 15) is 4.79 Å². The third kappa shape index (κ3) is 7.18. The lowest BCUT2D eigenvalue weighted by Crippen LogP contribution is -2.25. The summed E-state index contributed by atoms with van der Waals surface area (Å²) < 4.78 is 11.7. The number of carbonyl (C=O) groups excluding carboxylic acids is 1. The first kappa shape index (κ1) is 27.7. The number of anilines is 1. The molecular weight excluding hydrogens is 474 g/mol. The first-order valence-electron chi connectivity index (χ1n) is 14.3. The van der Waals surface area contributed by atoms with Gasteiger partial charge in [0.2, 0.25) is 5.91 Å². The number of benzene rings is 2. The minimum atomic E-state index is -0.228. The van der Waals surface area contributed by atoms with Crippen molar-refractivity contribution in [2.24, 2.45) is 11.7 Å². The van der Waals surface area contributed by atoms with Crippen LogP contribution in [0.1, 0.15) is 75.1 Å². The van der Waals surface area contributed by atoms with Crippen LogP contribution in [0.15, 0.2) is 42.5 Å². The topological polar surface area (TPSA) is 86.5 Å². The highest BCUT2D eigenvalue weighted by molar-refractivity contribution is 5.93. The van der Waals surface area contributed by atoms with Crippen molar-refractivity contribution < 1.29 is 14.3 Å². The maximum atomic E-state index is 11.9. The fourth-order valence-corrected chi connectivity index (χ4v) is 5.43. The Morgan fingerprint density at radius 3 is 2.71 bits per heavy atom. The van der Waals surface area contributed by atoms with Crippen molar-refractivity contribution in [1.82, 2.24) is 4.98 Å². The van der Waals surface area contributed by atoms with E-state index in [2.05, 4.69) is 36.5 Å². The molecule has 0 aliphatic heterocycles. The second-order valence-corrected chi connectivity index (χ2v) is 10.4. The standard InChI is InChI=1S/C32H43N3O3/c1-3-4-5-12-24(32(33)36)21-23-17-18-29(30(22-23)37-2)38-20-11-10-19-34-31-25-13-6-8-15-27(25)35-28-16-9-7-14-26(28)31/h6,8,13,15,17-18,22,24H,3-5,7,9-12,14,16,19-21H2,1-2H3,(H2,33,36)(H,34,35). The van der Waals surface area contributed by atoms with Gasteiger partial charge in [-0.05, 0) is 80.7 Å². The zero-order valence-electron chi connectivity index (χ0n) is 23.1. The lowest BCUT2D eigenvalue weighted by molar-refractivity contribution is -0.122. The van der Waals surface area contributed by atoms with Gasteiger partial charge >= 0.3 is 0 Å². The third-order valence-electron chi connectivity index (χ3n) is 7.57. The van der Waals surface area contributed by atoms with Crippen LogP contribution in [0.25, 0.3) is 10.9 Å². The normalized spacial score (nSPS) is 13.6. The lowest BCUT2D eigenvalue weighted by Gasteiger charge is -2.21. The number of fused-ring (bicyclic) bond motifs is 2. The van der Waals surface area contributed by atoms with Gasteiger partial charge in [0.05, 0.1) is 19.2 Å². The number of nitrogens with two attached hydrogens (primary N) is 1. The number of hydrogen-bond donors (Lipinski definition) is 2. The lowest BCUT2D eigenvalue weighted by atomic mass is 9.92. The molecule has 204 valence electrons. The summed E-state index contributed by atoms with van der Waals surface area (Å²) in [6.45, 7) is 3.68. The highest BCUT2D eigenvalue weighted by Gasteiger charge is 2.18. The van der Waals surface area contributed by atoms with Gasteiger partial charge in [-0.1, -0.05) is 50.5 Å². The maximum absolute atomic E-state index is 11.9. The van der Waals surface area contributed by atoms with Gasteiger partial charge in [0, 0.05) is 29.2 Å². The number of aryl methyl sites for hydroxylation is 1. The van der Waals surface area contributed by atoms with E-state index in [1.54, 1.807) is 7.11 Å². The molecule has 1 aliphatic carbocycles. The van der Waals surface area contributed by atoms with Crippen LogP contribution in [0.4, 0.5) is 5.69 Å². The highest BCUT2D eigenvalue weighted by Crippen LogP contribution is 2.33. The number of carbonyl (C=O) groups is 1. The van der Waals surface area contributed by atoms with E-state index >= 15 is 0 Å². The first-order chi connectivity index (χ1) is 18.6. The van der Waals surface area contributed by atoms with Gasteiger partial charge in [-0.25, -0.2) is 0 Å². The van der Waals surface area contributed by atoms with Crippen LogP contribution < -0.4 is 20.5 Å². The summed E-state index contributed by atoms with van der Waals surface area (Å²) in [5.74, 6) is 1.07. The Hall–Kier alpha value is -3.28. The number of aromatic nitrogens is 1. The van der Waals surface area contributed by atoms with Crippen molar-refractivity contribution in [2.75, 3.05) is 25.6 Å². The Morgan fingerprint density at radius 2 is 1.89 bits per heavy atom. The van der Waals surface area contributed by atoms with Crippen LogP contribution in [-0.2, 0) is 24.1 Å². The van der Waals surface area contributed by atoms with E-state index in [0.717, 1.165) is 74.7 Å². The van der Waals surface area contributed by atoms with E-state index in [0.29, 0.717) is 18.8 Å². The van der Waals surface area contributed by atoms with Gasteiger partial charge in [-0.2, -0.15) is 0 Å². The number of pyridine rings is 1. The molecule has 3 N–H and O–H groups in total. The number of hydrogen-bond acceptors (Lipinski definition) is 5. The summed E-state index contributed by atoms with van der Waals surface area (Å²) >= 11 is 0. The molecule has 0 saturated heterocycles. The van der Waals surface area contributed by atoms with Gasteiger partial charge in [-0.15, -0.1) is 0 Å². The van der Waals surface area contributed by atoms with Crippen molar-refractivity contribution in [3.05, 3.63) is 59.3 Å². The number of methoxy groups -OCH3 is 1. The maximum Gasteiger partial charge on any atom is 0.220 e. The smallest absolute Gasteiger partial charge is 0.220 e. The minimum absolute atomic E-state index is 0.145. The van der Waals surface area contributed by atoms with Crippen LogP contribution in [0.5, 0.6) is 11.5 Å². The molecule has 0 saturated carbocycles. The van der Waals surface area contributed by atoms with Crippen molar-refractivity contribution in [3.8, 4) is 11.5 Å².